The van der Waals surface area contributed by atoms with Gasteiger partial charge in [-0.1, -0.05) is 6.07 Å². The van der Waals surface area contributed by atoms with E-state index in [2.05, 4.69) is 20.3 Å². The van der Waals surface area contributed by atoms with Gasteiger partial charge in [-0.3, -0.25) is 9.59 Å². The van der Waals surface area contributed by atoms with E-state index in [4.69, 9.17) is 0 Å². The van der Waals surface area contributed by atoms with Crippen LogP contribution in [-0.4, -0.2) is 32.8 Å². The number of anilines is 2. The Hall–Kier alpha value is -3.13. The van der Waals surface area contributed by atoms with Crippen LogP contribution in [0.5, 0.6) is 0 Å². The van der Waals surface area contributed by atoms with Crippen molar-refractivity contribution in [2.24, 2.45) is 0 Å². The Kier molecular flexibility index (Phi) is 4.64. The summed E-state index contributed by atoms with van der Waals surface area (Å²) in [6.07, 6.45) is 4.67. The molecule has 3 heterocycles. The van der Waals surface area contributed by atoms with Gasteiger partial charge in [-0.05, 0) is 37.6 Å². The average Bonchev–Trinajstić information content (AvgIpc) is 3.30. The molecule has 1 saturated heterocycles. The summed E-state index contributed by atoms with van der Waals surface area (Å²) in [5.41, 5.74) is 1.72. The Morgan fingerprint density at radius 2 is 2.07 bits per heavy atom. The van der Waals surface area contributed by atoms with E-state index < -0.39 is 0 Å². The van der Waals surface area contributed by atoms with Crippen molar-refractivity contribution in [2.45, 2.75) is 25.8 Å². The van der Waals surface area contributed by atoms with Crippen LogP contribution in [0.1, 0.15) is 30.3 Å². The Morgan fingerprint density at radius 3 is 2.81 bits per heavy atom. The van der Waals surface area contributed by atoms with Crippen molar-refractivity contribution >= 4 is 34.5 Å². The van der Waals surface area contributed by atoms with Gasteiger partial charge in [0.1, 0.15) is 5.69 Å². The molecule has 136 valence electrons. The molecule has 1 fully saturated rings. The first-order chi connectivity index (χ1) is 13.1. The molecular formula is C19H17N5O2S. The Labute approximate surface area is 160 Å². The molecule has 7 nitrogen and oxygen atoms in total. The number of nitrogens with zero attached hydrogens (tertiary/aromatic N) is 4. The number of rotatable bonds is 4. The van der Waals surface area contributed by atoms with Crippen molar-refractivity contribution in [3.63, 3.8) is 0 Å². The van der Waals surface area contributed by atoms with Gasteiger partial charge in [0, 0.05) is 41.6 Å². The van der Waals surface area contributed by atoms with Gasteiger partial charge in [0.2, 0.25) is 5.91 Å². The molecule has 2 amide bonds. The molecule has 1 aliphatic heterocycles. The van der Waals surface area contributed by atoms with E-state index in [9.17, 15) is 9.59 Å². The Balaban J connectivity index is 1.51. The third kappa shape index (κ3) is 3.56. The van der Waals surface area contributed by atoms with E-state index in [1.807, 2.05) is 25.1 Å². The lowest BCUT2D eigenvalue weighted by Crippen LogP contribution is -2.30. The minimum absolute atomic E-state index is 0.109. The minimum Gasteiger partial charge on any atom is -0.321 e. The molecule has 0 radical (unpaired) electrons. The molecule has 4 rings (SSSR count). The molecule has 1 aliphatic rings. The van der Waals surface area contributed by atoms with Crippen LogP contribution < -0.4 is 10.2 Å². The van der Waals surface area contributed by atoms with Crippen molar-refractivity contribution in [2.75, 3.05) is 10.2 Å². The van der Waals surface area contributed by atoms with Crippen LogP contribution in [-0.2, 0) is 4.79 Å². The van der Waals surface area contributed by atoms with E-state index in [-0.39, 0.29) is 17.9 Å². The average molecular weight is 379 g/mol. The quantitative estimate of drug-likeness (QED) is 0.751. The van der Waals surface area contributed by atoms with Crippen LogP contribution in [0, 0.1) is 0 Å². The fourth-order valence-corrected chi connectivity index (χ4v) is 3.79. The van der Waals surface area contributed by atoms with Gasteiger partial charge >= 0.3 is 0 Å². The topological polar surface area (TPSA) is 88.1 Å². The second-order valence-corrected chi connectivity index (χ2v) is 7.12. The molecular weight excluding hydrogens is 362 g/mol. The molecule has 2 aromatic heterocycles. The van der Waals surface area contributed by atoms with Gasteiger partial charge in [0.05, 0.1) is 0 Å². The van der Waals surface area contributed by atoms with Crippen LogP contribution in [0.3, 0.4) is 0 Å². The van der Waals surface area contributed by atoms with Crippen LogP contribution >= 0.6 is 11.3 Å². The number of nitrogens with one attached hydrogen (secondary N) is 1. The van der Waals surface area contributed by atoms with E-state index >= 15 is 0 Å². The highest BCUT2D eigenvalue weighted by atomic mass is 32.1. The van der Waals surface area contributed by atoms with Crippen LogP contribution in [0.15, 0.2) is 48.1 Å². The predicted octanol–water partition coefficient (Wildman–Crippen LogP) is 3.37. The van der Waals surface area contributed by atoms with Gasteiger partial charge in [-0.15, -0.1) is 11.3 Å². The first-order valence-electron chi connectivity index (χ1n) is 8.58. The molecule has 1 unspecified atom stereocenters. The maximum atomic E-state index is 12.5. The van der Waals surface area contributed by atoms with Crippen molar-refractivity contribution in [1.29, 1.82) is 0 Å². The first kappa shape index (κ1) is 17.3. The van der Waals surface area contributed by atoms with Gasteiger partial charge in [0.15, 0.2) is 10.8 Å². The van der Waals surface area contributed by atoms with Crippen molar-refractivity contribution in [3.8, 4) is 10.8 Å². The van der Waals surface area contributed by atoms with Crippen molar-refractivity contribution < 1.29 is 9.59 Å². The van der Waals surface area contributed by atoms with Gasteiger partial charge in [0.25, 0.3) is 5.91 Å². The molecule has 0 bridgehead atoms. The smallest absolute Gasteiger partial charge is 0.275 e. The Morgan fingerprint density at radius 1 is 1.26 bits per heavy atom. The lowest BCUT2D eigenvalue weighted by atomic mass is 10.2. The summed E-state index contributed by atoms with van der Waals surface area (Å²) in [4.78, 5) is 39.0. The maximum Gasteiger partial charge on any atom is 0.275 e. The second-order valence-electron chi connectivity index (χ2n) is 6.27. The molecule has 3 aromatic rings. The number of hydrogen-bond acceptors (Lipinski definition) is 6. The molecule has 8 heteroatoms. The lowest BCUT2D eigenvalue weighted by molar-refractivity contribution is -0.117. The monoisotopic (exact) mass is 379 g/mol. The zero-order valence-corrected chi connectivity index (χ0v) is 15.4. The lowest BCUT2D eigenvalue weighted by Gasteiger charge is -2.22. The van der Waals surface area contributed by atoms with Gasteiger partial charge < -0.3 is 10.2 Å². The Bertz CT molecular complexity index is 989. The highest BCUT2D eigenvalue weighted by Crippen LogP contribution is 2.28. The van der Waals surface area contributed by atoms with Crippen LogP contribution in [0.4, 0.5) is 11.4 Å². The number of aromatic nitrogens is 3. The molecule has 0 spiro atoms. The largest absolute Gasteiger partial charge is 0.321 e. The summed E-state index contributed by atoms with van der Waals surface area (Å²) in [6, 6.07) is 9.20. The highest BCUT2D eigenvalue weighted by Gasteiger charge is 2.28. The highest BCUT2D eigenvalue weighted by molar-refractivity contribution is 7.13. The number of amides is 2. The first-order valence-corrected chi connectivity index (χ1v) is 9.46. The second kappa shape index (κ2) is 7.24. The predicted molar refractivity (Wildman–Crippen MR) is 104 cm³/mol. The standard InChI is InChI=1S/C19H17N5O2S/c1-12-6-7-16(25)24(12)14-5-2-4-13(10-14)22-18(26)15-11-27-19(23-15)17-20-8-3-9-21-17/h2-5,8-12H,6-7H2,1H3,(H,22,26). The molecule has 1 aromatic carbocycles. The molecule has 1 N–H and O–H groups in total. The number of hydrogen-bond donors (Lipinski definition) is 1. The van der Waals surface area contributed by atoms with Crippen LogP contribution in [0.25, 0.3) is 10.8 Å². The normalized spacial score (nSPS) is 16.6. The fourth-order valence-electron chi connectivity index (χ4n) is 3.05. The zero-order chi connectivity index (χ0) is 18.8. The van der Waals surface area contributed by atoms with E-state index in [0.717, 1.165) is 12.1 Å². The third-order valence-corrected chi connectivity index (χ3v) is 5.20. The van der Waals surface area contributed by atoms with E-state index in [1.165, 1.54) is 11.3 Å². The maximum absolute atomic E-state index is 12.5. The van der Waals surface area contributed by atoms with Gasteiger partial charge in [-0.25, -0.2) is 15.0 Å². The third-order valence-electron chi connectivity index (χ3n) is 4.36. The zero-order valence-electron chi connectivity index (χ0n) is 14.6. The van der Waals surface area contributed by atoms with E-state index in [1.54, 1.807) is 34.8 Å². The molecule has 27 heavy (non-hydrogen) atoms. The number of benzene rings is 1. The number of thiazole rings is 1. The summed E-state index contributed by atoms with van der Waals surface area (Å²) in [5, 5.41) is 5.11. The molecule has 0 saturated carbocycles. The van der Waals surface area contributed by atoms with Crippen molar-refractivity contribution in [3.05, 3.63) is 53.8 Å². The summed E-state index contributed by atoms with van der Waals surface area (Å²) >= 11 is 1.32. The fraction of sp³-hybridized carbons (Fsp3) is 0.211. The molecule has 1 atom stereocenters. The summed E-state index contributed by atoms with van der Waals surface area (Å²) in [5.74, 6) is 0.287. The summed E-state index contributed by atoms with van der Waals surface area (Å²) in [6.45, 7) is 2.03. The number of carbonyl (C=O) groups is 2. The summed E-state index contributed by atoms with van der Waals surface area (Å²) in [7, 11) is 0. The van der Waals surface area contributed by atoms with Crippen molar-refractivity contribution in [1.82, 2.24) is 15.0 Å². The van der Waals surface area contributed by atoms with E-state index in [0.29, 0.717) is 28.6 Å². The SMILES string of the molecule is CC1CCC(=O)N1c1cccc(NC(=O)c2csc(-c3ncccn3)n2)c1. The molecule has 0 aliphatic carbocycles. The summed E-state index contributed by atoms with van der Waals surface area (Å²) < 4.78 is 0. The number of carbonyl (C=O) groups excluding carboxylic acids is 2. The van der Waals surface area contributed by atoms with Crippen LogP contribution in [0.2, 0.25) is 0 Å². The minimum atomic E-state index is -0.314. The van der Waals surface area contributed by atoms with Gasteiger partial charge in [-0.2, -0.15) is 0 Å².